The van der Waals surface area contributed by atoms with Gasteiger partial charge in [-0.1, -0.05) is 126 Å². The molecule has 0 aliphatic heterocycles. The molecule has 4 aromatic rings. The highest BCUT2D eigenvalue weighted by atomic mass is 28.3. The second-order valence-corrected chi connectivity index (χ2v) is 19.9. The number of aromatic nitrogens is 2. The molecule has 0 saturated heterocycles. The van der Waals surface area contributed by atoms with E-state index in [1.165, 1.54) is 12.5 Å². The Labute approximate surface area is 299 Å². The van der Waals surface area contributed by atoms with Crippen LogP contribution in [-0.4, -0.2) is 47.4 Å². The summed E-state index contributed by atoms with van der Waals surface area (Å²) in [5.41, 5.74) is 4.42. The Morgan fingerprint density at radius 2 is 1.44 bits per heavy atom. The van der Waals surface area contributed by atoms with E-state index in [4.69, 9.17) is 9.72 Å². The van der Waals surface area contributed by atoms with Crippen LogP contribution in [0.2, 0.25) is 19.6 Å². The first-order chi connectivity index (χ1) is 24.1. The number of hydrogen-bond acceptors (Lipinski definition) is 3. The predicted molar refractivity (Wildman–Crippen MR) is 205 cm³/mol. The lowest BCUT2D eigenvalue weighted by atomic mass is 10.0. The van der Waals surface area contributed by atoms with Gasteiger partial charge < -0.3 is 19.5 Å². The predicted octanol–water partition coefficient (Wildman–Crippen LogP) is 11.3. The van der Waals surface area contributed by atoms with Crippen LogP contribution in [0.25, 0.3) is 22.5 Å². The van der Waals surface area contributed by atoms with Gasteiger partial charge in [-0.2, -0.15) is 0 Å². The van der Waals surface area contributed by atoms with E-state index in [-0.39, 0.29) is 17.4 Å². The molecular weight excluding hydrogens is 647 g/mol. The van der Waals surface area contributed by atoms with Gasteiger partial charge in [0.05, 0.1) is 25.1 Å². The summed E-state index contributed by atoms with van der Waals surface area (Å²) in [7, 11) is -1.51. The molecule has 6 nitrogen and oxygen atoms in total. The van der Waals surface area contributed by atoms with E-state index in [0.29, 0.717) is 19.8 Å². The van der Waals surface area contributed by atoms with Crippen molar-refractivity contribution >= 4 is 19.8 Å². The Bertz CT molecular complexity index is 1610. The highest BCUT2D eigenvalue weighted by Gasteiger charge is 2.25. The third kappa shape index (κ3) is 11.6. The summed E-state index contributed by atoms with van der Waals surface area (Å²) in [6.07, 6.45) is 9.94. The van der Waals surface area contributed by atoms with Crippen LogP contribution >= 0.6 is 0 Å². The lowest BCUT2D eigenvalue weighted by molar-refractivity contribution is 0.0557. The molecule has 0 aliphatic carbocycles. The standard InChI is InChI=1S/C41H56F2N4O2Si/c1-6-7-8-10-19-28-46(41(48)44-37-27-26-35(42)30-36(37)43)29-20-11-9-18-25-38-45-39(33-21-14-12-15-22-33)40(34-23-16-13-17-24-34)47(38)31-49-32(2)50(3,4)5/h12-17,21-24,26-27,30,32H,6-11,18-20,25,28-29,31H2,1-5H3,(H,44,48). The van der Waals surface area contributed by atoms with Crippen LogP contribution in [0.3, 0.4) is 0 Å². The number of carbonyl (C=O) groups is 1. The Kier molecular flexibility index (Phi) is 15.2. The highest BCUT2D eigenvalue weighted by Crippen LogP contribution is 2.34. The van der Waals surface area contributed by atoms with Crippen molar-refractivity contribution in [2.45, 2.75) is 110 Å². The van der Waals surface area contributed by atoms with Gasteiger partial charge in [0.1, 0.15) is 24.2 Å². The van der Waals surface area contributed by atoms with Crippen molar-refractivity contribution in [2.75, 3.05) is 18.4 Å². The molecule has 1 unspecified atom stereocenters. The molecule has 9 heteroatoms. The lowest BCUT2D eigenvalue weighted by Crippen LogP contribution is -2.38. The number of benzene rings is 3. The molecule has 50 heavy (non-hydrogen) atoms. The fraction of sp³-hybridized carbons (Fsp3) is 0.463. The summed E-state index contributed by atoms with van der Waals surface area (Å²) in [4.78, 5) is 20.2. The number of nitrogens with one attached hydrogen (secondary N) is 1. The van der Waals surface area contributed by atoms with Crippen LogP contribution in [0.5, 0.6) is 0 Å². The molecule has 4 rings (SSSR count). The maximum atomic E-state index is 14.3. The summed E-state index contributed by atoms with van der Waals surface area (Å²) < 4.78 is 36.5. The van der Waals surface area contributed by atoms with E-state index < -0.39 is 19.7 Å². The van der Waals surface area contributed by atoms with Crippen molar-refractivity contribution in [2.24, 2.45) is 0 Å². The Balaban J connectivity index is 1.43. The maximum Gasteiger partial charge on any atom is 0.321 e. The van der Waals surface area contributed by atoms with E-state index in [1.807, 2.05) is 12.1 Å². The fourth-order valence-electron chi connectivity index (χ4n) is 5.90. The van der Waals surface area contributed by atoms with Crippen LogP contribution in [0.1, 0.15) is 77.5 Å². The number of hydrogen-bond donors (Lipinski definition) is 1. The minimum atomic E-state index is -1.51. The van der Waals surface area contributed by atoms with Crippen molar-refractivity contribution in [3.05, 3.63) is 96.3 Å². The monoisotopic (exact) mass is 702 g/mol. The Morgan fingerprint density at radius 1 is 0.840 bits per heavy atom. The number of nitrogens with zero attached hydrogens (tertiary/aromatic N) is 3. The quantitative estimate of drug-likeness (QED) is 0.0737. The van der Waals surface area contributed by atoms with Gasteiger partial charge in [0.15, 0.2) is 0 Å². The zero-order chi connectivity index (χ0) is 35.9. The SMILES string of the molecule is CCCCCCCN(CCCCCCc1nc(-c2ccccc2)c(-c2ccccc2)n1COC(C)[Si](C)(C)C)C(=O)Nc1ccc(F)cc1F. The molecule has 0 bridgehead atoms. The van der Waals surface area contributed by atoms with Gasteiger partial charge in [-0.05, 0) is 38.3 Å². The summed E-state index contributed by atoms with van der Waals surface area (Å²) in [5, 5.41) is 2.66. The molecule has 0 aliphatic rings. The lowest BCUT2D eigenvalue weighted by Gasteiger charge is -2.26. The van der Waals surface area contributed by atoms with E-state index in [9.17, 15) is 13.6 Å². The Morgan fingerprint density at radius 3 is 2.04 bits per heavy atom. The van der Waals surface area contributed by atoms with E-state index in [2.05, 4.69) is 91.9 Å². The van der Waals surface area contributed by atoms with Gasteiger partial charge in [-0.3, -0.25) is 0 Å². The third-order valence-electron chi connectivity index (χ3n) is 9.38. The summed E-state index contributed by atoms with van der Waals surface area (Å²) in [5.74, 6) is -0.428. The van der Waals surface area contributed by atoms with Crippen LogP contribution < -0.4 is 5.32 Å². The van der Waals surface area contributed by atoms with Gasteiger partial charge in [-0.25, -0.2) is 18.6 Å². The molecule has 0 radical (unpaired) electrons. The molecule has 0 saturated carbocycles. The maximum absolute atomic E-state index is 14.3. The first kappa shape index (κ1) is 39.0. The van der Waals surface area contributed by atoms with Crippen LogP contribution in [-0.2, 0) is 17.9 Å². The molecule has 3 aromatic carbocycles. The van der Waals surface area contributed by atoms with Crippen molar-refractivity contribution in [3.63, 3.8) is 0 Å². The molecule has 1 N–H and O–H groups in total. The number of anilines is 1. The normalized spacial score (nSPS) is 12.2. The topological polar surface area (TPSA) is 59.4 Å². The minimum Gasteiger partial charge on any atom is -0.361 e. The molecular formula is C41H56F2N4O2Si. The first-order valence-corrected chi connectivity index (χ1v) is 22.0. The zero-order valence-electron chi connectivity index (χ0n) is 30.7. The number of urea groups is 1. The average molecular weight is 703 g/mol. The molecule has 270 valence electrons. The minimum absolute atomic E-state index is 0.00385. The van der Waals surface area contributed by atoms with Gasteiger partial charge in [0, 0.05) is 42.4 Å². The van der Waals surface area contributed by atoms with Gasteiger partial charge >= 0.3 is 6.03 Å². The Hall–Kier alpha value is -3.82. The number of unbranched alkanes of at least 4 members (excludes halogenated alkanes) is 7. The average Bonchev–Trinajstić information content (AvgIpc) is 3.47. The summed E-state index contributed by atoms with van der Waals surface area (Å²) in [6.45, 7) is 13.0. The summed E-state index contributed by atoms with van der Waals surface area (Å²) in [6, 6.07) is 23.7. The fourth-order valence-corrected chi connectivity index (χ4v) is 6.47. The highest BCUT2D eigenvalue weighted by molar-refractivity contribution is 6.77. The van der Waals surface area contributed by atoms with Crippen molar-refractivity contribution in [1.82, 2.24) is 14.5 Å². The van der Waals surface area contributed by atoms with Gasteiger partial charge in [0.25, 0.3) is 0 Å². The second kappa shape index (κ2) is 19.5. The molecule has 0 fully saturated rings. The van der Waals surface area contributed by atoms with E-state index >= 15 is 0 Å². The van der Waals surface area contributed by atoms with Crippen molar-refractivity contribution in [3.8, 4) is 22.5 Å². The van der Waals surface area contributed by atoms with Gasteiger partial charge in [-0.15, -0.1) is 0 Å². The summed E-state index contributed by atoms with van der Waals surface area (Å²) >= 11 is 0. The van der Waals surface area contributed by atoms with Crippen LogP contribution in [0.4, 0.5) is 19.3 Å². The number of amides is 2. The largest absolute Gasteiger partial charge is 0.361 e. The van der Waals surface area contributed by atoms with Crippen molar-refractivity contribution in [1.29, 1.82) is 0 Å². The number of halogens is 2. The van der Waals surface area contributed by atoms with Crippen LogP contribution in [0.15, 0.2) is 78.9 Å². The van der Waals surface area contributed by atoms with Gasteiger partial charge in [0.2, 0.25) is 0 Å². The number of imidazole rings is 1. The van der Waals surface area contributed by atoms with Crippen LogP contribution in [0, 0.1) is 11.6 Å². The smallest absolute Gasteiger partial charge is 0.321 e. The molecule has 2 amide bonds. The second-order valence-electron chi connectivity index (χ2n) is 14.3. The number of ether oxygens (including phenoxy) is 1. The van der Waals surface area contributed by atoms with E-state index in [1.54, 1.807) is 4.90 Å². The molecule has 1 atom stereocenters. The number of aryl methyl sites for hydroxylation is 1. The first-order valence-electron chi connectivity index (χ1n) is 18.4. The van der Waals surface area contributed by atoms with Crippen molar-refractivity contribution < 1.29 is 18.3 Å². The zero-order valence-corrected chi connectivity index (χ0v) is 31.7. The van der Waals surface area contributed by atoms with E-state index in [0.717, 1.165) is 98.3 Å². The molecule has 1 aromatic heterocycles. The third-order valence-corrected chi connectivity index (χ3v) is 12.0. The molecule has 0 spiro atoms. The molecule has 1 heterocycles. The number of rotatable bonds is 20. The number of carbonyl (C=O) groups excluding carboxylic acids is 1.